The summed E-state index contributed by atoms with van der Waals surface area (Å²) in [5.74, 6) is 0. The van der Waals surface area contributed by atoms with Gasteiger partial charge in [0.2, 0.25) is 0 Å². The highest BCUT2D eigenvalue weighted by Gasteiger charge is 2.48. The Morgan fingerprint density at radius 3 is 1.75 bits per heavy atom. The molecule has 5 nitrogen and oxygen atoms in total. The van der Waals surface area contributed by atoms with E-state index in [0.717, 1.165) is 13.8 Å². The number of nitrogens with one attached hydrogen (secondary N) is 1. The van der Waals surface area contributed by atoms with E-state index >= 15 is 0 Å². The third kappa shape index (κ3) is 6.83. The van der Waals surface area contributed by atoms with Gasteiger partial charge in [0.05, 0.1) is 5.41 Å². The van der Waals surface area contributed by atoms with Gasteiger partial charge < -0.3 is 4.74 Å². The van der Waals surface area contributed by atoms with Gasteiger partial charge in [-0.25, -0.2) is 4.79 Å². The Hall–Kier alpha value is -2.34. The maximum Gasteiger partial charge on any atom is 0.412 e. The number of hydrogen-bond acceptors (Lipinski definition) is 4. The van der Waals surface area contributed by atoms with Crippen molar-refractivity contribution in [1.29, 1.82) is 0 Å². The molecule has 1 rings (SSSR count). The van der Waals surface area contributed by atoms with Crippen molar-refractivity contribution in [3.05, 3.63) is 29.8 Å². The van der Waals surface area contributed by atoms with Gasteiger partial charge in [-0.3, -0.25) is 5.32 Å². The van der Waals surface area contributed by atoms with Gasteiger partial charge in [-0.2, -0.15) is 22.8 Å². The van der Waals surface area contributed by atoms with E-state index in [1.165, 1.54) is 24.3 Å². The SMILES string of the molecule is CC(C)(C)OC(=O)Nc1ccc(C(C)(C)C(F)(F)F)cc1.O=C=O. The Bertz CT molecular complexity index is 581. The van der Waals surface area contributed by atoms with Gasteiger partial charge in [-0.1, -0.05) is 12.1 Å². The molecule has 0 aliphatic carbocycles. The summed E-state index contributed by atoms with van der Waals surface area (Å²) in [7, 11) is 0. The lowest BCUT2D eigenvalue weighted by atomic mass is 9.84. The van der Waals surface area contributed by atoms with E-state index in [4.69, 9.17) is 14.3 Å². The smallest absolute Gasteiger partial charge is 0.412 e. The summed E-state index contributed by atoms with van der Waals surface area (Å²) in [4.78, 5) is 27.8. The highest BCUT2D eigenvalue weighted by Crippen LogP contribution is 2.40. The fourth-order valence-electron chi connectivity index (χ4n) is 1.56. The zero-order chi connectivity index (χ0) is 19.2. The largest absolute Gasteiger partial charge is 0.444 e. The van der Waals surface area contributed by atoms with E-state index < -0.39 is 23.3 Å². The Labute approximate surface area is 138 Å². The van der Waals surface area contributed by atoms with Crippen LogP contribution in [0, 0.1) is 0 Å². The molecule has 0 saturated heterocycles. The van der Waals surface area contributed by atoms with Crippen molar-refractivity contribution in [3.8, 4) is 0 Å². The van der Waals surface area contributed by atoms with Gasteiger partial charge in [-0.15, -0.1) is 0 Å². The van der Waals surface area contributed by atoms with Crippen LogP contribution >= 0.6 is 0 Å². The summed E-state index contributed by atoms with van der Waals surface area (Å²) < 4.78 is 43.8. The van der Waals surface area contributed by atoms with Crippen LogP contribution in [0.3, 0.4) is 0 Å². The number of carbonyl (C=O) groups excluding carboxylic acids is 3. The molecule has 1 aromatic carbocycles. The van der Waals surface area contributed by atoms with E-state index in [1.54, 1.807) is 20.8 Å². The molecule has 1 aromatic rings. The summed E-state index contributed by atoms with van der Waals surface area (Å²) >= 11 is 0. The van der Waals surface area contributed by atoms with Crippen molar-refractivity contribution in [2.45, 2.75) is 51.8 Å². The molecule has 0 unspecified atom stereocenters. The minimum absolute atomic E-state index is 0.129. The number of alkyl halides is 3. The van der Waals surface area contributed by atoms with Crippen LogP contribution in [0.15, 0.2) is 24.3 Å². The van der Waals surface area contributed by atoms with Crippen LogP contribution in [0.2, 0.25) is 0 Å². The normalized spacial score (nSPS) is 11.7. The Kier molecular flexibility index (Phi) is 7.19. The summed E-state index contributed by atoms with van der Waals surface area (Å²) in [6, 6.07) is 5.54. The maximum absolute atomic E-state index is 12.9. The summed E-state index contributed by atoms with van der Waals surface area (Å²) in [5, 5.41) is 2.47. The van der Waals surface area contributed by atoms with Crippen LogP contribution in [0.25, 0.3) is 0 Å². The molecule has 0 saturated carbocycles. The van der Waals surface area contributed by atoms with Crippen LogP contribution < -0.4 is 5.32 Å². The van der Waals surface area contributed by atoms with E-state index in [-0.39, 0.29) is 11.7 Å². The van der Waals surface area contributed by atoms with Crippen LogP contribution in [0.5, 0.6) is 0 Å². The molecule has 0 radical (unpaired) electrons. The van der Waals surface area contributed by atoms with E-state index in [0.29, 0.717) is 5.69 Å². The second-order valence-corrected chi connectivity index (χ2v) is 6.41. The first-order chi connectivity index (χ1) is 10.7. The number of rotatable bonds is 2. The van der Waals surface area contributed by atoms with E-state index in [2.05, 4.69) is 5.32 Å². The first-order valence-electron chi connectivity index (χ1n) is 6.91. The summed E-state index contributed by atoms with van der Waals surface area (Å²) in [6.07, 6.45) is -4.74. The monoisotopic (exact) mass is 347 g/mol. The minimum Gasteiger partial charge on any atom is -0.444 e. The van der Waals surface area contributed by atoms with Gasteiger partial charge in [-0.05, 0) is 52.3 Å². The molecule has 0 aliphatic heterocycles. The van der Waals surface area contributed by atoms with Crippen molar-refractivity contribution in [3.63, 3.8) is 0 Å². The van der Waals surface area contributed by atoms with Crippen molar-refractivity contribution in [2.75, 3.05) is 5.32 Å². The summed E-state index contributed by atoms with van der Waals surface area (Å²) in [5.41, 5.74) is -2.07. The van der Waals surface area contributed by atoms with Crippen molar-refractivity contribution in [2.24, 2.45) is 0 Å². The number of benzene rings is 1. The van der Waals surface area contributed by atoms with Crippen LogP contribution in [-0.4, -0.2) is 24.0 Å². The average Bonchev–Trinajstić information content (AvgIpc) is 2.36. The molecule has 1 N–H and O–H groups in total. The molecule has 0 fully saturated rings. The number of amides is 1. The molecule has 0 aliphatic rings. The van der Waals surface area contributed by atoms with Gasteiger partial charge in [0.25, 0.3) is 0 Å². The van der Waals surface area contributed by atoms with Crippen LogP contribution in [0.4, 0.5) is 23.7 Å². The van der Waals surface area contributed by atoms with Gasteiger partial charge in [0.15, 0.2) is 0 Å². The number of carbonyl (C=O) groups is 1. The zero-order valence-corrected chi connectivity index (χ0v) is 14.1. The highest BCUT2D eigenvalue weighted by molar-refractivity contribution is 5.84. The maximum atomic E-state index is 12.9. The first-order valence-corrected chi connectivity index (χ1v) is 6.91. The van der Waals surface area contributed by atoms with Gasteiger partial charge in [0, 0.05) is 5.69 Å². The third-order valence-corrected chi connectivity index (χ3v) is 2.96. The van der Waals surface area contributed by atoms with Crippen LogP contribution in [0.1, 0.15) is 40.2 Å². The number of anilines is 1. The van der Waals surface area contributed by atoms with Crippen molar-refractivity contribution < 1.29 is 32.3 Å². The first kappa shape index (κ1) is 21.7. The number of halogens is 3. The van der Waals surface area contributed by atoms with Gasteiger partial charge in [0.1, 0.15) is 5.60 Å². The molecule has 24 heavy (non-hydrogen) atoms. The van der Waals surface area contributed by atoms with E-state index in [9.17, 15) is 18.0 Å². The molecule has 0 bridgehead atoms. The molecule has 0 atom stereocenters. The predicted octanol–water partition coefficient (Wildman–Crippen LogP) is 4.29. The van der Waals surface area contributed by atoms with E-state index in [1.807, 2.05) is 0 Å². The highest BCUT2D eigenvalue weighted by atomic mass is 19.4. The standard InChI is InChI=1S/C15H20F3NO2.CO2/c1-13(2,3)21-12(20)19-11-8-6-10(7-9-11)14(4,5)15(16,17)18;2-1-3/h6-9H,1-5H3,(H,19,20);. The fraction of sp³-hybridized carbons (Fsp3) is 0.500. The molecular weight excluding hydrogens is 327 g/mol. The lowest BCUT2D eigenvalue weighted by molar-refractivity contribution is -0.191. The predicted molar refractivity (Wildman–Crippen MR) is 80.4 cm³/mol. The molecule has 0 heterocycles. The van der Waals surface area contributed by atoms with Crippen molar-refractivity contribution in [1.82, 2.24) is 0 Å². The Balaban J connectivity index is 0.00000163. The lowest BCUT2D eigenvalue weighted by Crippen LogP contribution is -2.36. The Morgan fingerprint density at radius 2 is 1.42 bits per heavy atom. The molecule has 8 heteroatoms. The number of ether oxygens (including phenoxy) is 1. The molecule has 134 valence electrons. The second-order valence-electron chi connectivity index (χ2n) is 6.41. The molecular formula is C16H20F3NO4. The van der Waals surface area contributed by atoms with Crippen LogP contribution in [-0.2, 0) is 19.7 Å². The lowest BCUT2D eigenvalue weighted by Gasteiger charge is -2.28. The Morgan fingerprint density at radius 1 is 1.00 bits per heavy atom. The van der Waals surface area contributed by atoms with Gasteiger partial charge >= 0.3 is 18.4 Å². The summed E-state index contributed by atoms with van der Waals surface area (Å²) in [6.45, 7) is 7.40. The molecule has 1 amide bonds. The second kappa shape index (κ2) is 7.97. The topological polar surface area (TPSA) is 72.5 Å². The quantitative estimate of drug-likeness (QED) is 0.866. The zero-order valence-electron chi connectivity index (χ0n) is 14.1. The number of hydrogen-bond donors (Lipinski definition) is 1. The third-order valence-electron chi connectivity index (χ3n) is 2.96. The molecule has 0 spiro atoms. The fourth-order valence-corrected chi connectivity index (χ4v) is 1.56. The average molecular weight is 347 g/mol. The van der Waals surface area contributed by atoms with Crippen molar-refractivity contribution >= 4 is 17.9 Å². The molecule has 0 aromatic heterocycles. The minimum atomic E-state index is -4.34.